The molecule has 17 heavy (non-hydrogen) atoms. The van der Waals surface area contributed by atoms with Gasteiger partial charge in [-0.05, 0) is 13.0 Å². The van der Waals surface area contributed by atoms with Gasteiger partial charge in [-0.1, -0.05) is 0 Å². The number of hydrogen-bond donors (Lipinski definition) is 2. The Kier molecular flexibility index (Phi) is 5.37. The van der Waals surface area contributed by atoms with Crippen LogP contribution in [-0.4, -0.2) is 70.7 Å². The molecule has 0 aliphatic carbocycles. The van der Waals surface area contributed by atoms with Crippen molar-refractivity contribution in [1.82, 2.24) is 9.80 Å². The molecule has 0 aromatic carbocycles. The van der Waals surface area contributed by atoms with Crippen molar-refractivity contribution < 1.29 is 19.8 Å². The number of carbonyl (C=O) groups is 2. The Labute approximate surface area is 101 Å². The highest BCUT2D eigenvalue weighted by Gasteiger charge is 2.19. The van der Waals surface area contributed by atoms with Crippen molar-refractivity contribution in [3.8, 4) is 0 Å². The van der Waals surface area contributed by atoms with Crippen molar-refractivity contribution >= 4 is 11.9 Å². The summed E-state index contributed by atoms with van der Waals surface area (Å²) in [6, 6.07) is 0. The van der Waals surface area contributed by atoms with Crippen LogP contribution in [0.25, 0.3) is 0 Å². The van der Waals surface area contributed by atoms with Crippen molar-refractivity contribution in [2.75, 3.05) is 32.7 Å². The van der Waals surface area contributed by atoms with Crippen LogP contribution in [0.4, 0.5) is 0 Å². The predicted molar refractivity (Wildman–Crippen MR) is 61.6 cm³/mol. The molecule has 1 amide bonds. The van der Waals surface area contributed by atoms with Gasteiger partial charge >= 0.3 is 5.97 Å². The minimum atomic E-state index is -0.988. The minimum absolute atomic E-state index is 0.0675. The van der Waals surface area contributed by atoms with E-state index in [1.807, 2.05) is 4.90 Å². The first-order chi connectivity index (χ1) is 7.99. The highest BCUT2D eigenvalue weighted by atomic mass is 16.4. The van der Waals surface area contributed by atoms with E-state index in [0.717, 1.165) is 19.5 Å². The fourth-order valence-corrected chi connectivity index (χ4v) is 2.03. The number of aliphatic carboxylic acids is 1. The van der Waals surface area contributed by atoms with Gasteiger partial charge < -0.3 is 15.1 Å². The number of aliphatic hydroxyl groups is 1. The van der Waals surface area contributed by atoms with Gasteiger partial charge in [-0.2, -0.15) is 0 Å². The van der Waals surface area contributed by atoms with Crippen LogP contribution in [0.2, 0.25) is 0 Å². The summed E-state index contributed by atoms with van der Waals surface area (Å²) in [6.45, 7) is 4.78. The van der Waals surface area contributed by atoms with E-state index in [1.54, 1.807) is 11.8 Å². The highest BCUT2D eigenvalue weighted by Crippen LogP contribution is 2.05. The Morgan fingerprint density at radius 3 is 2.53 bits per heavy atom. The molecular formula is C11H20N2O4. The van der Waals surface area contributed by atoms with E-state index in [0.29, 0.717) is 19.6 Å². The van der Waals surface area contributed by atoms with E-state index < -0.39 is 12.1 Å². The second-order valence-electron chi connectivity index (χ2n) is 4.41. The molecule has 1 rings (SSSR count). The van der Waals surface area contributed by atoms with Gasteiger partial charge in [-0.25, -0.2) is 0 Å². The number of amides is 1. The van der Waals surface area contributed by atoms with Crippen LogP contribution >= 0.6 is 0 Å². The van der Waals surface area contributed by atoms with Crippen LogP contribution in [0.1, 0.15) is 19.8 Å². The van der Waals surface area contributed by atoms with Crippen LogP contribution in [0.5, 0.6) is 0 Å². The first-order valence-corrected chi connectivity index (χ1v) is 5.86. The maximum atomic E-state index is 11.2. The number of aliphatic hydroxyl groups excluding tert-OH is 1. The maximum Gasteiger partial charge on any atom is 0.306 e. The zero-order chi connectivity index (χ0) is 12.8. The summed E-state index contributed by atoms with van der Waals surface area (Å²) >= 11 is 0. The summed E-state index contributed by atoms with van der Waals surface area (Å²) in [7, 11) is 0. The topological polar surface area (TPSA) is 81.1 Å². The Hall–Kier alpha value is -1.14. The van der Waals surface area contributed by atoms with E-state index in [2.05, 4.69) is 0 Å². The second kappa shape index (κ2) is 6.56. The molecule has 1 unspecified atom stereocenters. The monoisotopic (exact) mass is 244 g/mol. The van der Waals surface area contributed by atoms with Gasteiger partial charge in [-0.3, -0.25) is 14.5 Å². The Morgan fingerprint density at radius 2 is 1.94 bits per heavy atom. The van der Waals surface area contributed by atoms with Crippen molar-refractivity contribution in [3.05, 3.63) is 0 Å². The normalized spacial score (nSPS) is 19.8. The van der Waals surface area contributed by atoms with E-state index in [-0.39, 0.29) is 12.3 Å². The molecule has 0 aromatic heterocycles. The molecule has 1 aliphatic rings. The fourth-order valence-electron chi connectivity index (χ4n) is 2.03. The molecule has 1 atom stereocenters. The number of rotatable bonds is 4. The summed E-state index contributed by atoms with van der Waals surface area (Å²) in [5.41, 5.74) is 0. The third-order valence-electron chi connectivity index (χ3n) is 2.91. The lowest BCUT2D eigenvalue weighted by Crippen LogP contribution is -2.37. The van der Waals surface area contributed by atoms with E-state index in [9.17, 15) is 14.7 Å². The Morgan fingerprint density at radius 1 is 1.24 bits per heavy atom. The van der Waals surface area contributed by atoms with E-state index >= 15 is 0 Å². The van der Waals surface area contributed by atoms with Crippen LogP contribution in [0.15, 0.2) is 0 Å². The van der Waals surface area contributed by atoms with Crippen LogP contribution < -0.4 is 0 Å². The average molecular weight is 244 g/mol. The molecule has 0 spiro atoms. The molecular weight excluding hydrogens is 224 g/mol. The van der Waals surface area contributed by atoms with Crippen LogP contribution in [0.3, 0.4) is 0 Å². The highest BCUT2D eigenvalue weighted by molar-refractivity contribution is 5.73. The minimum Gasteiger partial charge on any atom is -0.481 e. The lowest BCUT2D eigenvalue weighted by molar-refractivity contribution is -0.139. The number of hydrogen-bond acceptors (Lipinski definition) is 4. The third-order valence-corrected chi connectivity index (χ3v) is 2.91. The number of carboxylic acids is 1. The fraction of sp³-hybridized carbons (Fsp3) is 0.818. The lowest BCUT2D eigenvalue weighted by atomic mass is 10.2. The summed E-state index contributed by atoms with van der Waals surface area (Å²) in [5, 5.41) is 18.1. The SMILES string of the molecule is CC(=O)N1CCCN(CC(O)CC(=O)O)CC1. The van der Waals surface area contributed by atoms with Gasteiger partial charge in [0.05, 0.1) is 12.5 Å². The standard InChI is InChI=1S/C11H20N2O4/c1-9(14)13-4-2-3-12(5-6-13)8-10(15)7-11(16)17/h10,15H,2-8H2,1H3,(H,16,17). The smallest absolute Gasteiger partial charge is 0.306 e. The molecule has 6 heteroatoms. The average Bonchev–Trinajstić information content (AvgIpc) is 2.41. The lowest BCUT2D eigenvalue weighted by Gasteiger charge is -2.22. The second-order valence-corrected chi connectivity index (χ2v) is 4.41. The molecule has 2 N–H and O–H groups in total. The maximum absolute atomic E-state index is 11.2. The molecule has 0 saturated carbocycles. The summed E-state index contributed by atoms with van der Waals surface area (Å²) in [5.74, 6) is -0.921. The Bertz CT molecular complexity index is 283. The molecule has 1 heterocycles. The van der Waals surface area contributed by atoms with Crippen molar-refractivity contribution in [1.29, 1.82) is 0 Å². The molecule has 1 aliphatic heterocycles. The molecule has 6 nitrogen and oxygen atoms in total. The molecule has 1 saturated heterocycles. The van der Waals surface area contributed by atoms with Gasteiger partial charge in [0, 0.05) is 33.1 Å². The van der Waals surface area contributed by atoms with Crippen molar-refractivity contribution in [3.63, 3.8) is 0 Å². The summed E-state index contributed by atoms with van der Waals surface area (Å²) in [4.78, 5) is 25.4. The van der Waals surface area contributed by atoms with Crippen molar-refractivity contribution in [2.45, 2.75) is 25.9 Å². The number of nitrogens with zero attached hydrogens (tertiary/aromatic N) is 2. The van der Waals surface area contributed by atoms with E-state index in [4.69, 9.17) is 5.11 Å². The van der Waals surface area contributed by atoms with Crippen LogP contribution in [0, 0.1) is 0 Å². The molecule has 98 valence electrons. The summed E-state index contributed by atoms with van der Waals surface area (Å²) < 4.78 is 0. The third kappa shape index (κ3) is 5.14. The van der Waals surface area contributed by atoms with Gasteiger partial charge in [-0.15, -0.1) is 0 Å². The van der Waals surface area contributed by atoms with Gasteiger partial charge in [0.1, 0.15) is 0 Å². The zero-order valence-electron chi connectivity index (χ0n) is 10.1. The molecule has 0 radical (unpaired) electrons. The zero-order valence-corrected chi connectivity index (χ0v) is 10.1. The quantitative estimate of drug-likeness (QED) is 0.688. The predicted octanol–water partition coefficient (Wildman–Crippen LogP) is -0.624. The van der Waals surface area contributed by atoms with Crippen LogP contribution in [-0.2, 0) is 9.59 Å². The van der Waals surface area contributed by atoms with Gasteiger partial charge in [0.2, 0.25) is 5.91 Å². The molecule has 0 aromatic rings. The number of carbonyl (C=O) groups excluding carboxylic acids is 1. The largest absolute Gasteiger partial charge is 0.481 e. The molecule has 1 fully saturated rings. The number of carboxylic acid groups (broad SMARTS) is 1. The number of β-amino-alcohol motifs (C(OH)–C–C–N with tert-alkyl or cyclic N) is 1. The van der Waals surface area contributed by atoms with E-state index in [1.165, 1.54) is 0 Å². The van der Waals surface area contributed by atoms with Crippen molar-refractivity contribution in [2.24, 2.45) is 0 Å². The van der Waals surface area contributed by atoms with Gasteiger partial charge in [0.25, 0.3) is 0 Å². The first kappa shape index (κ1) is 13.9. The molecule has 0 bridgehead atoms. The first-order valence-electron chi connectivity index (χ1n) is 5.86. The van der Waals surface area contributed by atoms with Gasteiger partial charge in [0.15, 0.2) is 0 Å². The summed E-state index contributed by atoms with van der Waals surface area (Å²) in [6.07, 6.45) is -0.205. The Balaban J connectivity index is 2.36.